The van der Waals surface area contributed by atoms with Crippen LogP contribution in [0.15, 0.2) is 23.0 Å². The quantitative estimate of drug-likeness (QED) is 0.768. The van der Waals surface area contributed by atoms with Crippen molar-refractivity contribution in [1.82, 2.24) is 14.2 Å². The fraction of sp³-hybridized carbons (Fsp3) is 0.286. The van der Waals surface area contributed by atoms with Gasteiger partial charge in [-0.15, -0.1) is 0 Å². The molecule has 92 valence electrons. The smallest absolute Gasteiger partial charge is 0.282 e. The number of nitrogens with zero attached hydrogens (tertiary/aromatic N) is 3. The summed E-state index contributed by atoms with van der Waals surface area (Å²) in [4.78, 5) is 12.4. The van der Waals surface area contributed by atoms with Crippen molar-refractivity contribution in [3.63, 3.8) is 0 Å². The highest BCUT2D eigenvalue weighted by Gasteiger charge is 2.14. The second kappa shape index (κ2) is 3.98. The third-order valence-electron chi connectivity index (χ3n) is 3.23. The van der Waals surface area contributed by atoms with E-state index in [0.717, 1.165) is 35.6 Å². The molecule has 1 aliphatic carbocycles. The summed E-state index contributed by atoms with van der Waals surface area (Å²) < 4.78 is 3.63. The van der Waals surface area contributed by atoms with Crippen LogP contribution in [-0.2, 0) is 6.54 Å². The Morgan fingerprint density at radius 3 is 2.89 bits per heavy atom. The van der Waals surface area contributed by atoms with Gasteiger partial charge in [0, 0.05) is 12.6 Å². The van der Waals surface area contributed by atoms with Crippen molar-refractivity contribution in [1.29, 1.82) is 0 Å². The second-order valence-electron chi connectivity index (χ2n) is 4.44. The molecule has 0 amide bonds. The largest absolute Gasteiger partial charge is 0.326 e. The summed E-state index contributed by atoms with van der Waals surface area (Å²) in [6, 6.07) is 1.95. The molecule has 0 fully saturated rings. The van der Waals surface area contributed by atoms with Crippen LogP contribution < -0.4 is 5.56 Å². The molecule has 4 nitrogen and oxygen atoms in total. The molecule has 2 heterocycles. The summed E-state index contributed by atoms with van der Waals surface area (Å²) >= 11 is 0. The number of aromatic nitrogens is 3. The van der Waals surface area contributed by atoms with Gasteiger partial charge in [0.05, 0.1) is 17.0 Å². The Balaban J connectivity index is 2.54. The average molecular weight is 241 g/mol. The molecule has 2 aromatic rings. The lowest BCUT2D eigenvalue weighted by Crippen LogP contribution is -2.23. The first-order valence-corrected chi connectivity index (χ1v) is 6.18. The predicted molar refractivity (Wildman–Crippen MR) is 72.5 cm³/mol. The van der Waals surface area contributed by atoms with Crippen LogP contribution in [0.2, 0.25) is 0 Å². The van der Waals surface area contributed by atoms with E-state index in [-0.39, 0.29) is 5.56 Å². The number of fused-ring (bicyclic) bond motifs is 2. The molecule has 1 aliphatic rings. The van der Waals surface area contributed by atoms with E-state index >= 15 is 0 Å². The van der Waals surface area contributed by atoms with Crippen LogP contribution in [0.5, 0.6) is 0 Å². The van der Waals surface area contributed by atoms with Crippen molar-refractivity contribution in [3.05, 3.63) is 45.5 Å². The SMILES string of the molecule is CCn1c2c(c(=O)n3nc(C)cc13)C=CCC=C2. The number of allylic oxidation sites excluding steroid dienone is 2. The molecule has 0 saturated heterocycles. The molecule has 0 spiro atoms. The molecule has 0 N–H and O–H groups in total. The van der Waals surface area contributed by atoms with E-state index in [9.17, 15) is 4.79 Å². The maximum absolute atomic E-state index is 12.4. The lowest BCUT2D eigenvalue weighted by molar-refractivity contribution is 0.728. The minimum Gasteiger partial charge on any atom is -0.326 e. The summed E-state index contributed by atoms with van der Waals surface area (Å²) in [7, 11) is 0. The van der Waals surface area contributed by atoms with Crippen molar-refractivity contribution in [2.24, 2.45) is 0 Å². The molecule has 0 bridgehead atoms. The van der Waals surface area contributed by atoms with E-state index in [0.29, 0.717) is 0 Å². The van der Waals surface area contributed by atoms with Gasteiger partial charge in [-0.1, -0.05) is 18.2 Å². The molecular formula is C14H15N3O. The average Bonchev–Trinajstić information content (AvgIpc) is 2.60. The highest BCUT2D eigenvalue weighted by atomic mass is 16.1. The molecule has 0 radical (unpaired) electrons. The lowest BCUT2D eigenvalue weighted by Gasteiger charge is -2.12. The van der Waals surface area contributed by atoms with Gasteiger partial charge in [-0.3, -0.25) is 4.79 Å². The van der Waals surface area contributed by atoms with Gasteiger partial charge in [0.1, 0.15) is 5.65 Å². The van der Waals surface area contributed by atoms with Crippen LogP contribution in [0.25, 0.3) is 17.8 Å². The Bertz CT molecular complexity index is 732. The van der Waals surface area contributed by atoms with Crippen molar-refractivity contribution < 1.29 is 0 Å². The third-order valence-corrected chi connectivity index (χ3v) is 3.23. The van der Waals surface area contributed by atoms with Gasteiger partial charge in [0.15, 0.2) is 0 Å². The van der Waals surface area contributed by atoms with Crippen LogP contribution >= 0.6 is 0 Å². The first kappa shape index (κ1) is 11.0. The first-order chi connectivity index (χ1) is 8.72. The van der Waals surface area contributed by atoms with Crippen LogP contribution in [0.4, 0.5) is 0 Å². The van der Waals surface area contributed by atoms with Crippen LogP contribution in [0.1, 0.15) is 30.3 Å². The standard InChI is InChI=1S/C14H15N3O/c1-3-16-12-8-6-4-5-7-11(12)14(18)17-13(16)9-10(2)15-17/h5-9H,3-4H2,1-2H3. The third kappa shape index (κ3) is 1.45. The fourth-order valence-electron chi connectivity index (χ4n) is 2.43. The molecule has 2 aromatic heterocycles. The minimum absolute atomic E-state index is 0.0411. The zero-order chi connectivity index (χ0) is 12.7. The van der Waals surface area contributed by atoms with Gasteiger partial charge in [-0.25, -0.2) is 0 Å². The molecule has 3 rings (SSSR count). The van der Waals surface area contributed by atoms with Gasteiger partial charge >= 0.3 is 0 Å². The van der Waals surface area contributed by atoms with E-state index < -0.39 is 0 Å². The number of rotatable bonds is 1. The Hall–Kier alpha value is -2.10. The Morgan fingerprint density at radius 1 is 1.33 bits per heavy atom. The highest BCUT2D eigenvalue weighted by Crippen LogP contribution is 2.17. The molecule has 0 saturated carbocycles. The van der Waals surface area contributed by atoms with E-state index in [1.165, 1.54) is 4.52 Å². The molecule has 18 heavy (non-hydrogen) atoms. The zero-order valence-electron chi connectivity index (χ0n) is 10.6. The van der Waals surface area contributed by atoms with E-state index in [1.54, 1.807) is 0 Å². The van der Waals surface area contributed by atoms with Crippen molar-refractivity contribution >= 4 is 17.8 Å². The Labute approximate surface area is 105 Å². The number of aryl methyl sites for hydroxylation is 2. The zero-order valence-corrected chi connectivity index (χ0v) is 10.6. The summed E-state index contributed by atoms with van der Waals surface area (Å²) in [5, 5.41) is 4.29. The van der Waals surface area contributed by atoms with Crippen molar-refractivity contribution in [2.75, 3.05) is 0 Å². The Morgan fingerprint density at radius 2 is 2.11 bits per heavy atom. The van der Waals surface area contributed by atoms with E-state index in [4.69, 9.17) is 0 Å². The normalized spacial score (nSPS) is 13.9. The van der Waals surface area contributed by atoms with Crippen LogP contribution in [-0.4, -0.2) is 14.2 Å². The van der Waals surface area contributed by atoms with Gasteiger partial charge in [0.2, 0.25) is 0 Å². The molecule has 4 heteroatoms. The van der Waals surface area contributed by atoms with Crippen molar-refractivity contribution in [3.8, 4) is 0 Å². The van der Waals surface area contributed by atoms with Crippen LogP contribution in [0.3, 0.4) is 0 Å². The van der Waals surface area contributed by atoms with Gasteiger partial charge in [-0.2, -0.15) is 9.61 Å². The summed E-state index contributed by atoms with van der Waals surface area (Å²) in [5.74, 6) is 0. The lowest BCUT2D eigenvalue weighted by atomic mass is 10.2. The molecule has 0 unspecified atom stereocenters. The molecule has 0 aliphatic heterocycles. The van der Waals surface area contributed by atoms with Gasteiger partial charge < -0.3 is 4.57 Å². The molecular weight excluding hydrogens is 226 g/mol. The Kier molecular flexibility index (Phi) is 2.44. The number of hydrogen-bond donors (Lipinski definition) is 0. The predicted octanol–water partition coefficient (Wildman–Crippen LogP) is 2.25. The van der Waals surface area contributed by atoms with E-state index in [2.05, 4.69) is 22.7 Å². The van der Waals surface area contributed by atoms with Gasteiger partial charge in [0.25, 0.3) is 5.56 Å². The monoisotopic (exact) mass is 241 g/mol. The summed E-state index contributed by atoms with van der Waals surface area (Å²) in [6.07, 6.45) is 8.88. The first-order valence-electron chi connectivity index (χ1n) is 6.18. The highest BCUT2D eigenvalue weighted by molar-refractivity contribution is 5.67. The van der Waals surface area contributed by atoms with E-state index in [1.807, 2.05) is 31.2 Å². The number of hydrogen-bond acceptors (Lipinski definition) is 2. The fourth-order valence-corrected chi connectivity index (χ4v) is 2.43. The summed E-state index contributed by atoms with van der Waals surface area (Å²) in [5.41, 5.74) is 3.38. The van der Waals surface area contributed by atoms with Gasteiger partial charge in [-0.05, 0) is 26.3 Å². The second-order valence-corrected chi connectivity index (χ2v) is 4.44. The maximum Gasteiger partial charge on any atom is 0.282 e. The molecule has 0 atom stereocenters. The summed E-state index contributed by atoms with van der Waals surface area (Å²) in [6.45, 7) is 4.80. The topological polar surface area (TPSA) is 39.3 Å². The minimum atomic E-state index is -0.0411. The molecule has 0 aromatic carbocycles. The maximum atomic E-state index is 12.4. The van der Waals surface area contributed by atoms with Crippen LogP contribution in [0, 0.1) is 6.92 Å². The van der Waals surface area contributed by atoms with Crippen molar-refractivity contribution in [2.45, 2.75) is 26.8 Å².